The first kappa shape index (κ1) is 14.1. The fourth-order valence-corrected chi connectivity index (χ4v) is 2.13. The second kappa shape index (κ2) is 6.22. The fourth-order valence-electron chi connectivity index (χ4n) is 1.77. The van der Waals surface area contributed by atoms with Crippen LogP contribution in [0.5, 0.6) is 0 Å². The van der Waals surface area contributed by atoms with Crippen molar-refractivity contribution >= 4 is 27.6 Å². The second-order valence-electron chi connectivity index (χ2n) is 4.16. The SMILES string of the molecule is N#Cc1ccc(Br)cc1NCc1cccc(C(=O)O)c1. The minimum atomic E-state index is -0.952. The fraction of sp³-hybridized carbons (Fsp3) is 0.0667. The lowest BCUT2D eigenvalue weighted by Crippen LogP contribution is -2.03. The molecular weight excluding hydrogens is 320 g/mol. The largest absolute Gasteiger partial charge is 0.478 e. The van der Waals surface area contributed by atoms with E-state index in [9.17, 15) is 4.79 Å². The number of carboxylic acid groups (broad SMARTS) is 1. The number of aromatic carboxylic acids is 1. The molecule has 20 heavy (non-hydrogen) atoms. The third-order valence-corrected chi connectivity index (χ3v) is 3.25. The Morgan fingerprint density at radius 1 is 1.30 bits per heavy atom. The van der Waals surface area contributed by atoms with Gasteiger partial charge in [-0.2, -0.15) is 5.26 Å². The zero-order valence-electron chi connectivity index (χ0n) is 10.4. The maximum absolute atomic E-state index is 10.9. The van der Waals surface area contributed by atoms with E-state index in [1.165, 1.54) is 0 Å². The van der Waals surface area contributed by atoms with Gasteiger partial charge in [0.1, 0.15) is 6.07 Å². The number of rotatable bonds is 4. The van der Waals surface area contributed by atoms with Crippen LogP contribution in [0, 0.1) is 11.3 Å². The molecule has 0 aliphatic rings. The van der Waals surface area contributed by atoms with Gasteiger partial charge in [-0.1, -0.05) is 28.1 Å². The Bertz CT molecular complexity index is 693. The van der Waals surface area contributed by atoms with E-state index in [-0.39, 0.29) is 5.56 Å². The summed E-state index contributed by atoms with van der Waals surface area (Å²) in [6.45, 7) is 0.451. The molecule has 0 amide bonds. The summed E-state index contributed by atoms with van der Waals surface area (Å²) in [6.07, 6.45) is 0. The van der Waals surface area contributed by atoms with E-state index in [4.69, 9.17) is 10.4 Å². The molecule has 100 valence electrons. The van der Waals surface area contributed by atoms with Crippen molar-refractivity contribution in [1.29, 1.82) is 5.26 Å². The van der Waals surface area contributed by atoms with Crippen LogP contribution in [-0.4, -0.2) is 11.1 Å². The quantitative estimate of drug-likeness (QED) is 0.897. The summed E-state index contributed by atoms with van der Waals surface area (Å²) in [5.41, 5.74) is 2.35. The maximum Gasteiger partial charge on any atom is 0.335 e. The molecule has 0 saturated heterocycles. The molecule has 2 aromatic carbocycles. The van der Waals surface area contributed by atoms with E-state index < -0.39 is 5.97 Å². The van der Waals surface area contributed by atoms with E-state index in [1.807, 2.05) is 12.1 Å². The number of carbonyl (C=O) groups is 1. The topological polar surface area (TPSA) is 73.1 Å². The number of halogens is 1. The van der Waals surface area contributed by atoms with Crippen LogP contribution < -0.4 is 5.32 Å². The predicted octanol–water partition coefficient (Wildman–Crippen LogP) is 3.63. The number of nitrogens with one attached hydrogen (secondary N) is 1. The molecule has 0 aliphatic heterocycles. The van der Waals surface area contributed by atoms with Crippen molar-refractivity contribution in [2.75, 3.05) is 5.32 Å². The van der Waals surface area contributed by atoms with Crippen molar-refractivity contribution in [1.82, 2.24) is 0 Å². The summed E-state index contributed by atoms with van der Waals surface area (Å²) in [6, 6.07) is 14.1. The van der Waals surface area contributed by atoms with Gasteiger partial charge < -0.3 is 10.4 Å². The van der Waals surface area contributed by atoms with Crippen LogP contribution in [-0.2, 0) is 6.54 Å². The van der Waals surface area contributed by atoms with Gasteiger partial charge in [-0.05, 0) is 35.9 Å². The molecule has 4 nitrogen and oxygen atoms in total. The summed E-state index contributed by atoms with van der Waals surface area (Å²) >= 11 is 3.36. The number of carboxylic acids is 1. The first-order valence-electron chi connectivity index (χ1n) is 5.86. The van der Waals surface area contributed by atoms with Crippen LogP contribution >= 0.6 is 15.9 Å². The number of benzene rings is 2. The van der Waals surface area contributed by atoms with Crippen LogP contribution in [0.25, 0.3) is 0 Å². The number of nitrogens with zero attached hydrogens (tertiary/aromatic N) is 1. The lowest BCUT2D eigenvalue weighted by molar-refractivity contribution is 0.0697. The number of nitriles is 1. The van der Waals surface area contributed by atoms with Gasteiger partial charge in [0.25, 0.3) is 0 Å². The second-order valence-corrected chi connectivity index (χ2v) is 5.08. The average molecular weight is 331 g/mol. The van der Waals surface area contributed by atoms with Crippen molar-refractivity contribution in [3.05, 3.63) is 63.6 Å². The van der Waals surface area contributed by atoms with E-state index in [0.717, 1.165) is 10.0 Å². The molecule has 0 atom stereocenters. The molecule has 0 heterocycles. The summed E-state index contributed by atoms with van der Waals surface area (Å²) in [5, 5.41) is 21.1. The molecule has 0 spiro atoms. The van der Waals surface area contributed by atoms with Crippen molar-refractivity contribution < 1.29 is 9.90 Å². The minimum absolute atomic E-state index is 0.249. The number of hydrogen-bond donors (Lipinski definition) is 2. The van der Waals surface area contributed by atoms with Gasteiger partial charge in [0.05, 0.1) is 16.8 Å². The molecule has 0 saturated carbocycles. The van der Waals surface area contributed by atoms with Crippen LogP contribution in [0.3, 0.4) is 0 Å². The van der Waals surface area contributed by atoms with Gasteiger partial charge in [0.2, 0.25) is 0 Å². The number of hydrogen-bond acceptors (Lipinski definition) is 3. The Hall–Kier alpha value is -2.32. The summed E-state index contributed by atoms with van der Waals surface area (Å²) < 4.78 is 0.873. The molecule has 2 aromatic rings. The predicted molar refractivity (Wildman–Crippen MR) is 79.6 cm³/mol. The number of anilines is 1. The standard InChI is InChI=1S/C15H11BrN2O2/c16-13-5-4-12(8-17)14(7-13)18-9-10-2-1-3-11(6-10)15(19)20/h1-7,18H,9H2,(H,19,20). The molecule has 2 N–H and O–H groups in total. The molecule has 0 unspecified atom stereocenters. The highest BCUT2D eigenvalue weighted by Gasteiger charge is 2.05. The minimum Gasteiger partial charge on any atom is -0.478 e. The normalized spacial score (nSPS) is 9.80. The Morgan fingerprint density at radius 2 is 2.10 bits per heavy atom. The van der Waals surface area contributed by atoms with Gasteiger partial charge in [-0.3, -0.25) is 0 Å². The average Bonchev–Trinajstić information content (AvgIpc) is 2.45. The van der Waals surface area contributed by atoms with Gasteiger partial charge in [0.15, 0.2) is 0 Å². The van der Waals surface area contributed by atoms with Crippen molar-refractivity contribution in [3.63, 3.8) is 0 Å². The lowest BCUT2D eigenvalue weighted by atomic mass is 10.1. The molecule has 0 radical (unpaired) electrons. The summed E-state index contributed by atoms with van der Waals surface area (Å²) in [4.78, 5) is 10.9. The monoisotopic (exact) mass is 330 g/mol. The highest BCUT2D eigenvalue weighted by Crippen LogP contribution is 2.21. The zero-order chi connectivity index (χ0) is 14.5. The Balaban J connectivity index is 2.17. The zero-order valence-corrected chi connectivity index (χ0v) is 12.0. The van der Waals surface area contributed by atoms with Crippen LogP contribution in [0.2, 0.25) is 0 Å². The van der Waals surface area contributed by atoms with Crippen molar-refractivity contribution in [2.24, 2.45) is 0 Å². The first-order valence-corrected chi connectivity index (χ1v) is 6.65. The van der Waals surface area contributed by atoms with Gasteiger partial charge in [0, 0.05) is 11.0 Å². The lowest BCUT2D eigenvalue weighted by Gasteiger charge is -2.09. The maximum atomic E-state index is 10.9. The first-order chi connectivity index (χ1) is 9.60. The molecule has 0 aromatic heterocycles. The van der Waals surface area contributed by atoms with Crippen LogP contribution in [0.15, 0.2) is 46.9 Å². The third-order valence-electron chi connectivity index (χ3n) is 2.76. The smallest absolute Gasteiger partial charge is 0.335 e. The van der Waals surface area contributed by atoms with Crippen molar-refractivity contribution in [3.8, 4) is 6.07 Å². The Morgan fingerprint density at radius 3 is 2.80 bits per heavy atom. The summed E-state index contributed by atoms with van der Waals surface area (Å²) in [7, 11) is 0. The van der Waals surface area contributed by atoms with E-state index in [1.54, 1.807) is 30.3 Å². The molecule has 5 heteroatoms. The summed E-state index contributed by atoms with van der Waals surface area (Å²) in [5.74, 6) is -0.952. The Labute approximate surface area is 124 Å². The van der Waals surface area contributed by atoms with E-state index in [0.29, 0.717) is 17.8 Å². The van der Waals surface area contributed by atoms with E-state index >= 15 is 0 Å². The van der Waals surface area contributed by atoms with Crippen molar-refractivity contribution in [2.45, 2.75) is 6.54 Å². The van der Waals surface area contributed by atoms with Gasteiger partial charge in [-0.15, -0.1) is 0 Å². The molecule has 0 bridgehead atoms. The third kappa shape index (κ3) is 3.37. The van der Waals surface area contributed by atoms with E-state index in [2.05, 4.69) is 27.3 Å². The molecule has 0 aliphatic carbocycles. The van der Waals surface area contributed by atoms with Gasteiger partial charge in [-0.25, -0.2) is 4.79 Å². The molecule has 2 rings (SSSR count). The highest BCUT2D eigenvalue weighted by molar-refractivity contribution is 9.10. The van der Waals surface area contributed by atoms with Crippen LogP contribution in [0.4, 0.5) is 5.69 Å². The molecule has 0 fully saturated rings. The Kier molecular flexibility index (Phi) is 4.38. The van der Waals surface area contributed by atoms with Gasteiger partial charge >= 0.3 is 5.97 Å². The highest BCUT2D eigenvalue weighted by atomic mass is 79.9. The molecular formula is C15H11BrN2O2. The van der Waals surface area contributed by atoms with Crippen LogP contribution in [0.1, 0.15) is 21.5 Å².